The van der Waals surface area contributed by atoms with Gasteiger partial charge >= 0.3 is 0 Å². The number of pyridine rings is 1. The number of carbonyl (C=O) groups excluding carboxylic acids is 2. The predicted octanol–water partition coefficient (Wildman–Crippen LogP) is 2.25. The number of β-amino-alcohol motifs (C(OH)–C–C–N with tert-alkyl or cyclic N) is 1. The fourth-order valence-electron chi connectivity index (χ4n) is 5.73. The molecule has 1 amide bonds. The van der Waals surface area contributed by atoms with Crippen molar-refractivity contribution in [2.45, 2.75) is 37.1 Å². The van der Waals surface area contributed by atoms with Crippen LogP contribution in [-0.2, 0) is 21.7 Å². The van der Waals surface area contributed by atoms with Crippen LogP contribution in [0.15, 0.2) is 30.3 Å². The maximum atomic E-state index is 15.0. The molecule has 2 unspecified atom stereocenters. The Bertz CT molecular complexity index is 1260. The molecule has 2 aromatic rings. The molecule has 6 rings (SSSR count). The van der Waals surface area contributed by atoms with Crippen LogP contribution in [0.3, 0.4) is 0 Å². The lowest BCUT2D eigenvalue weighted by Gasteiger charge is -2.37. The second-order valence-corrected chi connectivity index (χ2v) is 9.92. The molecule has 5 heterocycles. The van der Waals surface area contributed by atoms with E-state index < -0.39 is 17.5 Å². The Kier molecular flexibility index (Phi) is 8.29. The van der Waals surface area contributed by atoms with Gasteiger partial charge in [0.05, 0.1) is 17.9 Å². The van der Waals surface area contributed by atoms with Crippen molar-refractivity contribution in [2.75, 3.05) is 43.0 Å². The number of rotatable bonds is 6. The van der Waals surface area contributed by atoms with Gasteiger partial charge < -0.3 is 30.2 Å². The zero-order valence-corrected chi connectivity index (χ0v) is 22.2. The van der Waals surface area contributed by atoms with Gasteiger partial charge in [-0.25, -0.2) is 9.37 Å². The van der Waals surface area contributed by atoms with Gasteiger partial charge in [0, 0.05) is 24.7 Å². The lowest BCUT2D eigenvalue weighted by atomic mass is 9.91. The summed E-state index contributed by atoms with van der Waals surface area (Å²) in [7, 11) is 0. The number of aliphatic hydroxyl groups is 1. The second kappa shape index (κ2) is 11.2. The summed E-state index contributed by atoms with van der Waals surface area (Å²) in [4.78, 5) is 31.6. The zero-order chi connectivity index (χ0) is 24.9. The maximum Gasteiger partial charge on any atom is 0.263 e. The lowest BCUT2D eigenvalue weighted by Crippen LogP contribution is -2.50. The summed E-state index contributed by atoms with van der Waals surface area (Å²) in [5, 5.41) is 17.9. The van der Waals surface area contributed by atoms with Gasteiger partial charge in [-0.1, -0.05) is 12.2 Å². The Morgan fingerprint density at radius 1 is 1.24 bits per heavy atom. The average Bonchev–Trinajstić information content (AvgIpc) is 3.19. The van der Waals surface area contributed by atoms with Gasteiger partial charge in [-0.15, -0.1) is 24.8 Å². The number of aromatic nitrogens is 1. The van der Waals surface area contributed by atoms with E-state index >= 15 is 0 Å². The summed E-state index contributed by atoms with van der Waals surface area (Å²) < 4.78 is 20.3. The van der Waals surface area contributed by atoms with Crippen molar-refractivity contribution < 1.29 is 23.8 Å². The smallest absolute Gasteiger partial charge is 0.263 e. The number of anilines is 2. The van der Waals surface area contributed by atoms with E-state index in [2.05, 4.69) is 20.5 Å². The van der Waals surface area contributed by atoms with Crippen LogP contribution in [0.5, 0.6) is 5.75 Å². The summed E-state index contributed by atoms with van der Waals surface area (Å²) in [6.45, 7) is 2.58. The zero-order valence-electron chi connectivity index (χ0n) is 20.6. The third-order valence-electron chi connectivity index (χ3n) is 7.49. The highest BCUT2D eigenvalue weighted by Gasteiger charge is 2.48. The molecule has 0 aliphatic carbocycles. The number of fused-ring (bicyclic) bond motifs is 1. The highest BCUT2D eigenvalue weighted by Crippen LogP contribution is 2.46. The quantitative estimate of drug-likeness (QED) is 0.458. The second-order valence-electron chi connectivity index (χ2n) is 9.92. The summed E-state index contributed by atoms with van der Waals surface area (Å²) in [6, 6.07) is 6.57. The first-order valence-corrected chi connectivity index (χ1v) is 12.3. The van der Waals surface area contributed by atoms with Crippen molar-refractivity contribution in [3.63, 3.8) is 0 Å². The van der Waals surface area contributed by atoms with Crippen LogP contribution in [0.25, 0.3) is 6.08 Å². The van der Waals surface area contributed by atoms with Crippen LogP contribution >= 0.6 is 24.8 Å². The minimum Gasteiger partial charge on any atom is -0.480 e. The number of nitrogens with zero attached hydrogens (tertiary/aromatic N) is 3. The minimum absolute atomic E-state index is 0. The number of piperidine rings is 1. The summed E-state index contributed by atoms with van der Waals surface area (Å²) >= 11 is 0. The van der Waals surface area contributed by atoms with E-state index in [0.29, 0.717) is 35.9 Å². The average molecular weight is 566 g/mol. The van der Waals surface area contributed by atoms with Gasteiger partial charge in [0.25, 0.3) is 5.91 Å². The molecule has 3 N–H and O–H groups in total. The van der Waals surface area contributed by atoms with Crippen LogP contribution in [0.4, 0.5) is 15.9 Å². The number of hydrogen-bond acceptors (Lipinski definition) is 8. The summed E-state index contributed by atoms with van der Waals surface area (Å²) in [5.41, 5.74) is 1.18. The number of nitrogens with one attached hydrogen (secondary N) is 2. The number of aldehydes is 1. The third-order valence-corrected chi connectivity index (χ3v) is 7.49. The van der Waals surface area contributed by atoms with E-state index in [1.54, 1.807) is 12.1 Å². The first-order valence-electron chi connectivity index (χ1n) is 12.3. The number of benzene rings is 1. The molecular formula is C26H30Cl2FN5O4. The lowest BCUT2D eigenvalue weighted by molar-refractivity contribution is -0.118. The first-order chi connectivity index (χ1) is 17.4. The molecule has 1 fully saturated rings. The maximum absolute atomic E-state index is 15.0. The van der Waals surface area contributed by atoms with Crippen LogP contribution in [0, 0.1) is 5.82 Å². The van der Waals surface area contributed by atoms with Crippen LogP contribution in [0.2, 0.25) is 0 Å². The normalized spacial score (nSPS) is 23.9. The molecule has 0 radical (unpaired) electrons. The van der Waals surface area contributed by atoms with Gasteiger partial charge in [-0.3, -0.25) is 9.69 Å². The van der Waals surface area contributed by atoms with E-state index in [0.717, 1.165) is 43.5 Å². The Morgan fingerprint density at radius 3 is 2.79 bits per heavy atom. The molecule has 1 aromatic carbocycles. The highest BCUT2D eigenvalue weighted by atomic mass is 35.5. The van der Waals surface area contributed by atoms with Crippen molar-refractivity contribution >= 4 is 54.6 Å². The molecule has 4 aliphatic heterocycles. The fraction of sp³-hybridized carbons (Fsp3) is 0.423. The summed E-state index contributed by atoms with van der Waals surface area (Å²) in [5.74, 6) is 0.379. The Hall–Kier alpha value is -2.76. The molecule has 38 heavy (non-hydrogen) atoms. The monoisotopic (exact) mass is 565 g/mol. The SMILES string of the molecule is Cl.Cl.O=CC1C=Cc2ccc(F)c3c2N1CC3(O)CN1CCC(NCc2ccc3c(n2)NC(=O)CO3)CC1. The number of hydrogen-bond donors (Lipinski definition) is 3. The number of carbonyl (C=O) groups is 2. The number of amides is 1. The van der Waals surface area contributed by atoms with Crippen molar-refractivity contribution in [3.05, 3.63) is 53.0 Å². The molecule has 4 aliphatic rings. The van der Waals surface area contributed by atoms with Crippen molar-refractivity contribution in [3.8, 4) is 5.75 Å². The van der Waals surface area contributed by atoms with Crippen molar-refractivity contribution in [1.29, 1.82) is 0 Å². The molecule has 2 atom stereocenters. The van der Waals surface area contributed by atoms with Gasteiger partial charge in [-0.05, 0) is 55.8 Å². The topological polar surface area (TPSA) is 107 Å². The van der Waals surface area contributed by atoms with E-state index in [1.165, 1.54) is 6.07 Å². The van der Waals surface area contributed by atoms with Gasteiger partial charge in [-0.2, -0.15) is 0 Å². The van der Waals surface area contributed by atoms with Crippen LogP contribution in [-0.4, -0.2) is 72.1 Å². The van der Waals surface area contributed by atoms with Crippen LogP contribution in [0.1, 0.15) is 29.7 Å². The number of ether oxygens (including phenoxy) is 1. The molecule has 1 saturated heterocycles. The number of likely N-dealkylation sites (tertiary alicyclic amines) is 1. The Labute approximate surface area is 232 Å². The standard InChI is InChI=1S/C26H28FN5O4.2ClH/c27-20-5-2-16-1-4-19(12-33)32-15-26(35,23(20)24(16)32)14-31-9-7-17(8-10-31)28-11-18-3-6-21-25(29-18)30-22(34)13-36-21;;/h1-6,12,17,19,28,35H,7-11,13-15H2,(H,29,30,34);2*1H. The minimum atomic E-state index is -1.39. The van der Waals surface area contributed by atoms with Gasteiger partial charge in [0.15, 0.2) is 18.2 Å². The predicted molar refractivity (Wildman–Crippen MR) is 146 cm³/mol. The van der Waals surface area contributed by atoms with Crippen molar-refractivity contribution in [2.24, 2.45) is 0 Å². The first kappa shape index (κ1) is 28.3. The molecule has 0 spiro atoms. The van der Waals surface area contributed by atoms with Gasteiger partial charge in [0.2, 0.25) is 0 Å². The molecule has 0 bridgehead atoms. The highest BCUT2D eigenvalue weighted by molar-refractivity contribution is 5.94. The molecule has 0 saturated carbocycles. The fourth-order valence-corrected chi connectivity index (χ4v) is 5.73. The van der Waals surface area contributed by atoms with E-state index in [1.807, 2.05) is 23.1 Å². The molecule has 12 heteroatoms. The molecular weight excluding hydrogens is 536 g/mol. The molecule has 204 valence electrons. The van der Waals surface area contributed by atoms with Crippen LogP contribution < -0.4 is 20.3 Å². The van der Waals surface area contributed by atoms with E-state index in [-0.39, 0.29) is 49.9 Å². The van der Waals surface area contributed by atoms with E-state index in [4.69, 9.17) is 4.74 Å². The van der Waals surface area contributed by atoms with E-state index in [9.17, 15) is 19.1 Å². The molecule has 1 aromatic heterocycles. The van der Waals surface area contributed by atoms with Gasteiger partial charge in [0.1, 0.15) is 23.7 Å². The Balaban J connectivity index is 0.00000168. The number of halogens is 3. The van der Waals surface area contributed by atoms with Crippen molar-refractivity contribution in [1.82, 2.24) is 15.2 Å². The Morgan fingerprint density at radius 2 is 2.03 bits per heavy atom. The summed E-state index contributed by atoms with van der Waals surface area (Å²) in [6.07, 6.45) is 6.19. The largest absolute Gasteiger partial charge is 0.480 e. The third kappa shape index (κ3) is 5.11. The molecule has 9 nitrogen and oxygen atoms in total.